The molecule has 3 rings (SSSR count). The minimum Gasteiger partial charge on any atom is -0.478 e. The van der Waals surface area contributed by atoms with Crippen LogP contribution in [0.25, 0.3) is 0 Å². The number of rotatable bonds is 9. The molecular formula is C23H23ClN2O5. The first-order chi connectivity index (χ1) is 15.0. The highest BCUT2D eigenvalue weighted by molar-refractivity contribution is 6.30. The summed E-state index contributed by atoms with van der Waals surface area (Å²) in [7, 11) is 0. The molecule has 1 heterocycles. The lowest BCUT2D eigenvalue weighted by atomic mass is 10.0. The van der Waals surface area contributed by atoms with Crippen molar-refractivity contribution in [2.75, 3.05) is 6.61 Å². The number of hydrogen-bond acceptors (Lipinski definition) is 4. The Morgan fingerprint density at radius 1 is 1.00 bits per heavy atom. The lowest BCUT2D eigenvalue weighted by molar-refractivity contribution is -0.134. The minimum absolute atomic E-state index is 0.0739. The van der Waals surface area contributed by atoms with Gasteiger partial charge in [-0.2, -0.15) is 0 Å². The molecule has 1 atom stereocenters. The van der Waals surface area contributed by atoms with Crippen LogP contribution in [-0.4, -0.2) is 38.7 Å². The van der Waals surface area contributed by atoms with E-state index in [2.05, 4.69) is 22.1 Å². The van der Waals surface area contributed by atoms with Crippen LogP contribution in [0.4, 0.5) is 0 Å². The summed E-state index contributed by atoms with van der Waals surface area (Å²) in [5.74, 6) is -2.51. The maximum Gasteiger partial charge on any atom is 0.328 e. The number of halogens is 1. The molecule has 0 bridgehead atoms. The Bertz CT molecular complexity index is 941. The van der Waals surface area contributed by atoms with E-state index in [1.807, 2.05) is 48.7 Å². The number of aliphatic carboxylic acids is 2. The smallest absolute Gasteiger partial charge is 0.328 e. The van der Waals surface area contributed by atoms with Crippen molar-refractivity contribution in [3.8, 4) is 0 Å². The van der Waals surface area contributed by atoms with Gasteiger partial charge in [0.2, 0.25) is 0 Å². The van der Waals surface area contributed by atoms with Crippen LogP contribution in [0.2, 0.25) is 5.02 Å². The van der Waals surface area contributed by atoms with E-state index < -0.39 is 11.9 Å². The third kappa shape index (κ3) is 9.29. The average molecular weight is 443 g/mol. The van der Waals surface area contributed by atoms with Crippen LogP contribution >= 0.6 is 11.6 Å². The lowest BCUT2D eigenvalue weighted by Gasteiger charge is -2.19. The Labute approximate surface area is 185 Å². The van der Waals surface area contributed by atoms with Gasteiger partial charge in [0, 0.05) is 35.7 Å². The first-order valence-electron chi connectivity index (χ1n) is 9.49. The van der Waals surface area contributed by atoms with Crippen LogP contribution in [0.15, 0.2) is 79.3 Å². The fourth-order valence-corrected chi connectivity index (χ4v) is 2.80. The topological polar surface area (TPSA) is 113 Å². The minimum atomic E-state index is -1.26. The van der Waals surface area contributed by atoms with Crippen LogP contribution in [0.1, 0.15) is 29.3 Å². The van der Waals surface area contributed by atoms with Crippen molar-refractivity contribution in [3.05, 3.63) is 101 Å². The van der Waals surface area contributed by atoms with Gasteiger partial charge in [-0.3, -0.25) is 0 Å². The first-order valence-corrected chi connectivity index (χ1v) is 9.86. The van der Waals surface area contributed by atoms with E-state index in [1.165, 1.54) is 0 Å². The molecule has 8 heteroatoms. The fraction of sp³-hybridized carbons (Fsp3) is 0.174. The molecule has 3 aromatic rings. The normalized spacial score (nSPS) is 11.5. The number of H-pyrrole nitrogens is 1. The highest BCUT2D eigenvalue weighted by Gasteiger charge is 2.14. The van der Waals surface area contributed by atoms with Gasteiger partial charge in [0.1, 0.15) is 6.10 Å². The zero-order valence-corrected chi connectivity index (χ0v) is 17.4. The van der Waals surface area contributed by atoms with Gasteiger partial charge >= 0.3 is 11.9 Å². The Hall–Kier alpha value is -3.42. The highest BCUT2D eigenvalue weighted by Crippen LogP contribution is 2.27. The molecule has 1 aromatic heterocycles. The van der Waals surface area contributed by atoms with E-state index in [1.54, 1.807) is 6.33 Å². The molecule has 1 unspecified atom stereocenters. The number of carbonyl (C=O) groups is 2. The Balaban J connectivity index is 0.000000366. The predicted octanol–water partition coefficient (Wildman–Crippen LogP) is 4.51. The zero-order valence-electron chi connectivity index (χ0n) is 16.6. The van der Waals surface area contributed by atoms with Crippen molar-refractivity contribution in [1.82, 2.24) is 9.97 Å². The number of aryl methyl sites for hydroxylation is 1. The van der Waals surface area contributed by atoms with Gasteiger partial charge in [0.15, 0.2) is 0 Å². The number of imidazole rings is 1. The number of benzene rings is 2. The van der Waals surface area contributed by atoms with E-state index in [9.17, 15) is 9.59 Å². The van der Waals surface area contributed by atoms with Gasteiger partial charge in [0.05, 0.1) is 6.33 Å². The van der Waals surface area contributed by atoms with Crippen LogP contribution < -0.4 is 0 Å². The number of aromatic amines is 1. The van der Waals surface area contributed by atoms with Gasteiger partial charge in [-0.05, 0) is 36.1 Å². The molecule has 0 aliphatic carbocycles. The third-order valence-electron chi connectivity index (χ3n) is 4.07. The second-order valence-corrected chi connectivity index (χ2v) is 6.84. The molecule has 0 spiro atoms. The number of aromatic nitrogens is 2. The van der Waals surface area contributed by atoms with Gasteiger partial charge in [-0.25, -0.2) is 14.6 Å². The van der Waals surface area contributed by atoms with Crippen LogP contribution in [0.3, 0.4) is 0 Å². The van der Waals surface area contributed by atoms with Crippen LogP contribution in [0, 0.1) is 0 Å². The molecule has 162 valence electrons. The molecule has 3 N–H and O–H groups in total. The van der Waals surface area contributed by atoms with Crippen molar-refractivity contribution in [2.24, 2.45) is 0 Å². The molecule has 0 amide bonds. The van der Waals surface area contributed by atoms with Crippen LogP contribution in [0.5, 0.6) is 0 Å². The summed E-state index contributed by atoms with van der Waals surface area (Å²) in [4.78, 5) is 26.3. The Morgan fingerprint density at radius 2 is 1.61 bits per heavy atom. The molecule has 31 heavy (non-hydrogen) atoms. The number of carboxylic acids is 2. The predicted molar refractivity (Wildman–Crippen MR) is 117 cm³/mol. The van der Waals surface area contributed by atoms with Gasteiger partial charge < -0.3 is 19.9 Å². The summed E-state index contributed by atoms with van der Waals surface area (Å²) in [5.41, 5.74) is 3.40. The average Bonchev–Trinajstić information content (AvgIpc) is 3.28. The van der Waals surface area contributed by atoms with E-state index in [0.29, 0.717) is 18.8 Å². The maximum atomic E-state index is 9.55. The third-order valence-corrected chi connectivity index (χ3v) is 4.33. The summed E-state index contributed by atoms with van der Waals surface area (Å²) >= 11 is 6.00. The molecular weight excluding hydrogens is 420 g/mol. The van der Waals surface area contributed by atoms with Crippen molar-refractivity contribution in [2.45, 2.75) is 18.9 Å². The summed E-state index contributed by atoms with van der Waals surface area (Å²) in [6.45, 7) is 0.682. The second-order valence-electron chi connectivity index (χ2n) is 6.40. The Morgan fingerprint density at radius 3 is 2.16 bits per heavy atom. The number of ether oxygens (including phenoxy) is 1. The molecule has 2 aromatic carbocycles. The van der Waals surface area contributed by atoms with E-state index >= 15 is 0 Å². The van der Waals surface area contributed by atoms with Crippen molar-refractivity contribution >= 4 is 23.5 Å². The maximum absolute atomic E-state index is 9.55. The van der Waals surface area contributed by atoms with E-state index in [4.69, 9.17) is 26.6 Å². The van der Waals surface area contributed by atoms with Crippen molar-refractivity contribution in [1.29, 1.82) is 0 Å². The molecule has 0 fully saturated rings. The highest BCUT2D eigenvalue weighted by atomic mass is 35.5. The quantitative estimate of drug-likeness (QED) is 0.332. The summed E-state index contributed by atoms with van der Waals surface area (Å²) < 4.78 is 6.18. The van der Waals surface area contributed by atoms with Crippen molar-refractivity contribution < 1.29 is 24.5 Å². The van der Waals surface area contributed by atoms with Gasteiger partial charge in [-0.15, -0.1) is 0 Å². The second kappa shape index (κ2) is 13.0. The largest absolute Gasteiger partial charge is 0.478 e. The number of nitrogens with one attached hydrogen (secondary N) is 1. The van der Waals surface area contributed by atoms with Gasteiger partial charge in [0.25, 0.3) is 0 Å². The number of nitrogens with zero attached hydrogens (tertiary/aromatic N) is 1. The molecule has 0 saturated carbocycles. The standard InChI is InChI=1S/C19H19ClN2O.C4H4O4/c20-17-10-8-16(9-11-17)19(15-5-2-1-3-6-15)23-12-4-7-18-13-21-14-22-18;5-3(6)1-2-4(7)8/h1-3,5-6,8-11,13-14,19H,4,7,12H2,(H,21,22);1-2H,(H,5,6)(H,7,8)/b;2-1-. The molecule has 0 saturated heterocycles. The molecule has 0 radical (unpaired) electrons. The lowest BCUT2D eigenvalue weighted by Crippen LogP contribution is -2.08. The first kappa shape index (κ1) is 23.9. The van der Waals surface area contributed by atoms with Gasteiger partial charge in [-0.1, -0.05) is 54.1 Å². The Kier molecular flexibility index (Phi) is 10.0. The number of carboxylic acid groups (broad SMARTS) is 2. The molecule has 0 aliphatic rings. The molecule has 0 aliphatic heterocycles. The summed E-state index contributed by atoms with van der Waals surface area (Å²) in [6, 6.07) is 18.1. The monoisotopic (exact) mass is 442 g/mol. The van der Waals surface area contributed by atoms with Crippen LogP contribution in [-0.2, 0) is 20.7 Å². The SMILES string of the molecule is Clc1ccc(C(OCCCc2cnc[nH]2)c2ccccc2)cc1.O=C(O)/C=C\C(=O)O. The van der Waals surface area contributed by atoms with Crippen molar-refractivity contribution in [3.63, 3.8) is 0 Å². The molecule has 7 nitrogen and oxygen atoms in total. The number of hydrogen-bond donors (Lipinski definition) is 3. The summed E-state index contributed by atoms with van der Waals surface area (Å²) in [6.07, 6.45) is 6.48. The van der Waals surface area contributed by atoms with E-state index in [0.717, 1.165) is 34.7 Å². The summed E-state index contributed by atoms with van der Waals surface area (Å²) in [5, 5.41) is 16.4. The van der Waals surface area contributed by atoms with E-state index in [-0.39, 0.29) is 6.10 Å². The fourth-order valence-electron chi connectivity index (χ4n) is 2.68. The zero-order chi connectivity index (χ0) is 22.5.